The van der Waals surface area contributed by atoms with Crippen LogP contribution in [0.15, 0.2) is 48.5 Å². The molecule has 0 spiro atoms. The van der Waals surface area contributed by atoms with Crippen molar-refractivity contribution in [2.75, 3.05) is 13.7 Å². The first kappa shape index (κ1) is 17.8. The number of ether oxygens (including phenoxy) is 2. The largest absolute Gasteiger partial charge is 0.489 e. The number of carboxylic acids is 1. The zero-order chi connectivity index (χ0) is 17.5. The molecule has 0 atom stereocenters. The highest BCUT2D eigenvalue weighted by Gasteiger charge is 2.14. The average molecular weight is 326 g/mol. The molecule has 0 aliphatic heterocycles. The normalized spacial score (nSPS) is 11.4. The van der Waals surface area contributed by atoms with Crippen LogP contribution in [-0.2, 0) is 16.1 Å². The molecule has 0 saturated heterocycles. The van der Waals surface area contributed by atoms with Gasteiger partial charge in [0.25, 0.3) is 0 Å². The van der Waals surface area contributed by atoms with Crippen molar-refractivity contribution < 1.29 is 19.4 Å². The first-order valence-corrected chi connectivity index (χ1v) is 7.73. The summed E-state index contributed by atoms with van der Waals surface area (Å²) in [5.74, 6) is -0.172. The molecule has 2 aromatic rings. The van der Waals surface area contributed by atoms with Crippen molar-refractivity contribution in [3.8, 4) is 5.75 Å². The van der Waals surface area contributed by atoms with Crippen LogP contribution in [0.2, 0.25) is 0 Å². The number of hydrogen-bond acceptors (Lipinski definition) is 3. The Balaban J connectivity index is 2.28. The van der Waals surface area contributed by atoms with Crippen LogP contribution >= 0.6 is 0 Å². The van der Waals surface area contributed by atoms with Crippen LogP contribution in [0.4, 0.5) is 0 Å². The number of benzene rings is 2. The molecule has 0 aliphatic rings. The van der Waals surface area contributed by atoms with Crippen molar-refractivity contribution in [3.05, 3.63) is 70.8 Å². The molecule has 2 aromatic carbocycles. The molecule has 0 amide bonds. The molecule has 0 heterocycles. The van der Waals surface area contributed by atoms with Gasteiger partial charge in [-0.25, -0.2) is 4.79 Å². The van der Waals surface area contributed by atoms with Crippen molar-refractivity contribution in [1.82, 2.24) is 0 Å². The van der Waals surface area contributed by atoms with Crippen LogP contribution in [0.1, 0.15) is 22.3 Å². The first-order valence-electron chi connectivity index (χ1n) is 7.73. The predicted octanol–water partition coefficient (Wildman–Crippen LogP) is 4.00. The second kappa shape index (κ2) is 8.31. The summed E-state index contributed by atoms with van der Waals surface area (Å²) in [4.78, 5) is 11.6. The van der Waals surface area contributed by atoms with Gasteiger partial charge in [-0.2, -0.15) is 0 Å². The highest BCUT2D eigenvalue weighted by atomic mass is 16.5. The van der Waals surface area contributed by atoms with Gasteiger partial charge < -0.3 is 14.6 Å². The highest BCUT2D eigenvalue weighted by molar-refractivity contribution is 6.15. The minimum atomic E-state index is -0.980. The number of hydrogen-bond donors (Lipinski definition) is 1. The average Bonchev–Trinajstić information content (AvgIpc) is 2.56. The van der Waals surface area contributed by atoms with E-state index in [2.05, 4.69) is 0 Å². The van der Waals surface area contributed by atoms with E-state index in [-0.39, 0.29) is 12.2 Å². The lowest BCUT2D eigenvalue weighted by molar-refractivity contribution is -0.130. The standard InChI is InChI=1S/C20H22O4/c1-14-8-9-15(2)19(12-14)24-13-16-6-4-5-7-17(16)18(20(21)22)10-11-23-3/h4-10,12H,11,13H2,1-3H3,(H,21,22). The maximum absolute atomic E-state index is 11.6. The van der Waals surface area contributed by atoms with Gasteiger partial charge in [-0.05, 0) is 48.2 Å². The molecule has 1 N–H and O–H groups in total. The summed E-state index contributed by atoms with van der Waals surface area (Å²) in [6, 6.07) is 13.4. The minimum absolute atomic E-state index is 0.219. The second-order valence-electron chi connectivity index (χ2n) is 5.59. The van der Waals surface area contributed by atoms with Crippen molar-refractivity contribution in [2.24, 2.45) is 0 Å². The Morgan fingerprint density at radius 1 is 1.17 bits per heavy atom. The smallest absolute Gasteiger partial charge is 0.336 e. The monoisotopic (exact) mass is 326 g/mol. The van der Waals surface area contributed by atoms with Crippen LogP contribution in [0.25, 0.3) is 5.57 Å². The Morgan fingerprint density at radius 3 is 2.62 bits per heavy atom. The quantitative estimate of drug-likeness (QED) is 0.782. The van der Waals surface area contributed by atoms with Crippen LogP contribution in [-0.4, -0.2) is 24.8 Å². The van der Waals surface area contributed by atoms with E-state index in [1.54, 1.807) is 12.1 Å². The molecule has 24 heavy (non-hydrogen) atoms. The summed E-state index contributed by atoms with van der Waals surface area (Å²) in [5.41, 5.74) is 3.86. The van der Waals surface area contributed by atoms with Gasteiger partial charge in [0, 0.05) is 7.11 Å². The number of aryl methyl sites for hydroxylation is 2. The zero-order valence-electron chi connectivity index (χ0n) is 14.2. The zero-order valence-corrected chi connectivity index (χ0v) is 14.2. The van der Waals surface area contributed by atoms with E-state index in [9.17, 15) is 9.90 Å². The molecule has 4 heteroatoms. The Kier molecular flexibility index (Phi) is 6.15. The summed E-state index contributed by atoms with van der Waals surface area (Å²) in [5, 5.41) is 9.48. The molecular formula is C20H22O4. The molecule has 0 saturated carbocycles. The van der Waals surface area contributed by atoms with E-state index in [1.807, 2.05) is 50.2 Å². The summed E-state index contributed by atoms with van der Waals surface area (Å²) >= 11 is 0. The molecular weight excluding hydrogens is 304 g/mol. The molecule has 0 aliphatic carbocycles. The summed E-state index contributed by atoms with van der Waals surface area (Å²) in [6.45, 7) is 4.55. The summed E-state index contributed by atoms with van der Waals surface area (Å²) in [7, 11) is 1.53. The highest BCUT2D eigenvalue weighted by Crippen LogP contribution is 2.24. The maximum Gasteiger partial charge on any atom is 0.336 e. The minimum Gasteiger partial charge on any atom is -0.489 e. The van der Waals surface area contributed by atoms with E-state index in [0.29, 0.717) is 12.2 Å². The molecule has 4 nitrogen and oxygen atoms in total. The number of aliphatic carboxylic acids is 1. The lowest BCUT2D eigenvalue weighted by Crippen LogP contribution is -2.07. The van der Waals surface area contributed by atoms with Gasteiger partial charge in [0.05, 0.1) is 12.2 Å². The first-order chi connectivity index (χ1) is 11.5. The third kappa shape index (κ3) is 4.46. The van der Waals surface area contributed by atoms with Gasteiger partial charge in [0.1, 0.15) is 12.4 Å². The van der Waals surface area contributed by atoms with E-state index in [1.165, 1.54) is 7.11 Å². The summed E-state index contributed by atoms with van der Waals surface area (Å²) < 4.78 is 10.9. The van der Waals surface area contributed by atoms with Crippen molar-refractivity contribution in [3.63, 3.8) is 0 Å². The van der Waals surface area contributed by atoms with Crippen molar-refractivity contribution in [1.29, 1.82) is 0 Å². The maximum atomic E-state index is 11.6. The van der Waals surface area contributed by atoms with E-state index >= 15 is 0 Å². The number of carbonyl (C=O) groups is 1. The molecule has 0 aromatic heterocycles. The van der Waals surface area contributed by atoms with Crippen LogP contribution < -0.4 is 4.74 Å². The Bertz CT molecular complexity index is 747. The molecule has 0 bridgehead atoms. The van der Waals surface area contributed by atoms with E-state index < -0.39 is 5.97 Å². The topological polar surface area (TPSA) is 55.8 Å². The number of carboxylic acid groups (broad SMARTS) is 1. The summed E-state index contributed by atoms with van der Waals surface area (Å²) in [6.07, 6.45) is 1.57. The van der Waals surface area contributed by atoms with Crippen molar-refractivity contribution >= 4 is 11.5 Å². The lowest BCUT2D eigenvalue weighted by atomic mass is 10.00. The third-order valence-electron chi connectivity index (χ3n) is 3.72. The van der Waals surface area contributed by atoms with Crippen LogP contribution in [0.3, 0.4) is 0 Å². The fourth-order valence-electron chi connectivity index (χ4n) is 2.41. The third-order valence-corrected chi connectivity index (χ3v) is 3.72. The van der Waals surface area contributed by atoms with Gasteiger partial charge in [-0.3, -0.25) is 0 Å². The predicted molar refractivity (Wildman–Crippen MR) is 94.2 cm³/mol. The SMILES string of the molecule is COCC=C(C(=O)O)c1ccccc1COc1cc(C)ccc1C. The number of methoxy groups -OCH3 is 1. The van der Waals surface area contributed by atoms with Gasteiger partial charge in [0.15, 0.2) is 0 Å². The van der Waals surface area contributed by atoms with Gasteiger partial charge in [0.2, 0.25) is 0 Å². The number of rotatable bonds is 7. The molecule has 0 unspecified atom stereocenters. The molecule has 2 rings (SSSR count). The fraction of sp³-hybridized carbons (Fsp3) is 0.250. The van der Waals surface area contributed by atoms with Crippen LogP contribution in [0, 0.1) is 13.8 Å². The van der Waals surface area contributed by atoms with Crippen LogP contribution in [0.5, 0.6) is 5.75 Å². The molecule has 0 radical (unpaired) electrons. The lowest BCUT2D eigenvalue weighted by Gasteiger charge is -2.13. The fourth-order valence-corrected chi connectivity index (χ4v) is 2.41. The Hall–Kier alpha value is -2.59. The second-order valence-corrected chi connectivity index (χ2v) is 5.59. The molecule has 126 valence electrons. The Morgan fingerprint density at radius 2 is 1.92 bits per heavy atom. The van der Waals surface area contributed by atoms with Gasteiger partial charge in [-0.15, -0.1) is 0 Å². The van der Waals surface area contributed by atoms with E-state index in [0.717, 1.165) is 22.4 Å². The Labute approximate surface area is 142 Å². The van der Waals surface area contributed by atoms with Gasteiger partial charge in [-0.1, -0.05) is 36.4 Å². The van der Waals surface area contributed by atoms with E-state index in [4.69, 9.17) is 9.47 Å². The molecule has 0 fully saturated rings. The van der Waals surface area contributed by atoms with Crippen molar-refractivity contribution in [2.45, 2.75) is 20.5 Å². The van der Waals surface area contributed by atoms with Gasteiger partial charge >= 0.3 is 5.97 Å².